The summed E-state index contributed by atoms with van der Waals surface area (Å²) in [6, 6.07) is 14.5. The zero-order valence-electron chi connectivity index (χ0n) is 15.9. The second kappa shape index (κ2) is 8.59. The first-order valence-corrected chi connectivity index (χ1v) is 10.9. The van der Waals surface area contributed by atoms with E-state index in [4.69, 9.17) is 16.7 Å². The summed E-state index contributed by atoms with van der Waals surface area (Å²) in [6.45, 7) is -0.225. The van der Waals surface area contributed by atoms with E-state index in [9.17, 15) is 13.6 Å². The van der Waals surface area contributed by atoms with E-state index in [-0.39, 0.29) is 12.6 Å². The fraction of sp³-hybridized carbons (Fsp3) is 0.238. The van der Waals surface area contributed by atoms with Gasteiger partial charge in [0.25, 0.3) is 11.3 Å². The number of anilines is 1. The average molecular weight is 446 g/mol. The molecule has 30 heavy (non-hydrogen) atoms. The first kappa shape index (κ1) is 20.6. The number of hydrogen-bond donors (Lipinski definition) is 2. The van der Waals surface area contributed by atoms with Gasteiger partial charge in [0, 0.05) is 21.8 Å². The van der Waals surface area contributed by atoms with Crippen molar-refractivity contribution < 1.29 is 18.7 Å². The normalized spacial score (nSPS) is 16.7. The van der Waals surface area contributed by atoms with Crippen molar-refractivity contribution in [2.45, 2.75) is 31.8 Å². The zero-order chi connectivity index (χ0) is 21.3. The van der Waals surface area contributed by atoms with Gasteiger partial charge < -0.3 is 5.11 Å². The van der Waals surface area contributed by atoms with Gasteiger partial charge in [0.1, 0.15) is 6.54 Å². The minimum Gasteiger partial charge on any atom is -0.480 e. The van der Waals surface area contributed by atoms with Crippen molar-refractivity contribution in [1.29, 1.82) is 0 Å². The lowest BCUT2D eigenvalue weighted by Gasteiger charge is -2.33. The molecule has 1 aromatic heterocycles. The highest BCUT2D eigenvalue weighted by molar-refractivity contribution is 7.80. The second-order valence-electron chi connectivity index (χ2n) is 7.09. The van der Waals surface area contributed by atoms with Gasteiger partial charge in [-0.2, -0.15) is 5.10 Å². The van der Waals surface area contributed by atoms with Gasteiger partial charge in [-0.15, -0.1) is 0 Å². The third-order valence-electron chi connectivity index (χ3n) is 5.27. The van der Waals surface area contributed by atoms with Crippen molar-refractivity contribution in [3.63, 3.8) is 0 Å². The van der Waals surface area contributed by atoms with Gasteiger partial charge in [-0.05, 0) is 43.0 Å². The molecule has 0 amide bonds. The van der Waals surface area contributed by atoms with Gasteiger partial charge in [-0.25, -0.2) is 4.21 Å². The number of carbonyl (C=O) groups is 1. The van der Waals surface area contributed by atoms with Gasteiger partial charge in [0.05, 0.1) is 17.9 Å². The Morgan fingerprint density at radius 2 is 1.97 bits per heavy atom. The number of rotatable bonds is 6. The van der Waals surface area contributed by atoms with Crippen LogP contribution in [0.1, 0.15) is 30.1 Å². The Bertz CT molecular complexity index is 1100. The Balaban J connectivity index is 1.68. The monoisotopic (exact) mass is 445 g/mol. The number of fused-ring (bicyclic) bond motifs is 1. The molecule has 0 radical (unpaired) electrons. The summed E-state index contributed by atoms with van der Waals surface area (Å²) in [5, 5.41) is 13.9. The molecule has 0 spiro atoms. The molecule has 3 aromatic rings. The van der Waals surface area contributed by atoms with Crippen LogP contribution in [0.25, 0.3) is 11.1 Å². The molecule has 2 N–H and O–H groups in total. The quantitative estimate of drug-likeness (QED) is 0.551. The van der Waals surface area contributed by atoms with E-state index in [2.05, 4.69) is 5.10 Å². The summed E-state index contributed by atoms with van der Waals surface area (Å²) < 4.78 is 25.3. The van der Waals surface area contributed by atoms with Gasteiger partial charge >= 0.3 is 5.97 Å². The standard InChI is InChI=1S/C21H20ClN3O4S/c22-18-5-2-1-4-16(18)14-8-10-15(11-9-14)25(30(28)29)20-7-3-6-19-17(20)12-23-24(19)13-21(26)27/h1-2,4-5,8-12,20H,3,6-7,13H2,(H,26,27)(H,28,29). The lowest BCUT2D eigenvalue weighted by Crippen LogP contribution is -2.33. The smallest absolute Gasteiger partial charge is 0.325 e. The molecule has 2 unspecified atom stereocenters. The van der Waals surface area contributed by atoms with E-state index < -0.39 is 17.2 Å². The number of benzene rings is 2. The third-order valence-corrected chi connectivity index (χ3v) is 6.41. The lowest BCUT2D eigenvalue weighted by atomic mass is 9.92. The molecule has 2 aromatic carbocycles. The van der Waals surface area contributed by atoms with Crippen LogP contribution in [0.5, 0.6) is 0 Å². The Morgan fingerprint density at radius 1 is 1.23 bits per heavy atom. The van der Waals surface area contributed by atoms with Crippen LogP contribution in [-0.2, 0) is 29.0 Å². The highest BCUT2D eigenvalue weighted by Gasteiger charge is 2.32. The molecule has 1 heterocycles. The topological polar surface area (TPSA) is 95.7 Å². The van der Waals surface area contributed by atoms with E-state index in [0.717, 1.165) is 28.8 Å². The summed E-state index contributed by atoms with van der Waals surface area (Å²) in [5.74, 6) is -0.972. The molecule has 0 fully saturated rings. The highest BCUT2D eigenvalue weighted by atomic mass is 35.5. The van der Waals surface area contributed by atoms with Crippen molar-refractivity contribution in [3.05, 3.63) is 71.0 Å². The first-order chi connectivity index (χ1) is 14.5. The van der Waals surface area contributed by atoms with Crippen LogP contribution in [0.4, 0.5) is 5.69 Å². The molecule has 0 bridgehead atoms. The summed E-state index contributed by atoms with van der Waals surface area (Å²) in [4.78, 5) is 11.1. The van der Waals surface area contributed by atoms with E-state index in [1.807, 2.05) is 36.4 Å². The van der Waals surface area contributed by atoms with Gasteiger partial charge in [0.2, 0.25) is 0 Å². The number of aliphatic carboxylic acids is 1. The van der Waals surface area contributed by atoms with Crippen LogP contribution >= 0.6 is 11.6 Å². The molecule has 1 aliphatic rings. The number of carboxylic acids is 1. The van der Waals surface area contributed by atoms with Crippen LogP contribution in [0, 0.1) is 0 Å². The number of aromatic nitrogens is 2. The molecule has 1 aliphatic carbocycles. The summed E-state index contributed by atoms with van der Waals surface area (Å²) in [7, 11) is 0. The Labute approximate surface area is 181 Å². The minimum atomic E-state index is -2.26. The molecule has 0 saturated heterocycles. The van der Waals surface area contributed by atoms with Crippen LogP contribution in [0.3, 0.4) is 0 Å². The lowest BCUT2D eigenvalue weighted by molar-refractivity contribution is -0.137. The molecular weight excluding hydrogens is 426 g/mol. The van der Waals surface area contributed by atoms with Crippen molar-refractivity contribution in [1.82, 2.24) is 9.78 Å². The average Bonchev–Trinajstić information content (AvgIpc) is 3.12. The summed E-state index contributed by atoms with van der Waals surface area (Å²) >= 11 is 4.02. The van der Waals surface area contributed by atoms with E-state index in [0.29, 0.717) is 23.6 Å². The van der Waals surface area contributed by atoms with Gasteiger partial charge in [0.15, 0.2) is 0 Å². The van der Waals surface area contributed by atoms with Crippen LogP contribution < -0.4 is 4.31 Å². The largest absolute Gasteiger partial charge is 0.480 e. The van der Waals surface area contributed by atoms with Crippen LogP contribution in [0.15, 0.2) is 54.7 Å². The molecule has 0 aliphatic heterocycles. The SMILES string of the molecule is O=C(O)Cn1ncc2c1CCCC2N(c1ccc(-c2ccccc2Cl)cc1)S(=O)O. The number of halogens is 1. The second-order valence-corrected chi connectivity index (χ2v) is 8.35. The maximum atomic E-state index is 12.3. The predicted octanol–water partition coefficient (Wildman–Crippen LogP) is 4.31. The van der Waals surface area contributed by atoms with Crippen molar-refractivity contribution in [2.75, 3.05) is 4.31 Å². The van der Waals surface area contributed by atoms with E-state index in [1.54, 1.807) is 18.3 Å². The summed E-state index contributed by atoms with van der Waals surface area (Å²) in [6.07, 6.45) is 3.75. The number of carboxylic acid groups (broad SMARTS) is 1. The number of nitrogens with zero attached hydrogens (tertiary/aromatic N) is 3. The molecule has 7 nitrogen and oxygen atoms in total. The fourth-order valence-electron chi connectivity index (χ4n) is 3.97. The van der Waals surface area contributed by atoms with Gasteiger partial charge in [-0.3, -0.25) is 18.3 Å². The van der Waals surface area contributed by atoms with Crippen molar-refractivity contribution in [3.8, 4) is 11.1 Å². The molecule has 4 rings (SSSR count). The van der Waals surface area contributed by atoms with Crippen molar-refractivity contribution >= 4 is 34.5 Å². The third kappa shape index (κ3) is 3.98. The minimum absolute atomic E-state index is 0.225. The molecular formula is C21H20ClN3O4S. The maximum Gasteiger partial charge on any atom is 0.325 e. The molecule has 156 valence electrons. The Kier molecular flexibility index (Phi) is 5.90. The number of hydrogen-bond acceptors (Lipinski definition) is 3. The van der Waals surface area contributed by atoms with Crippen LogP contribution in [-0.4, -0.2) is 29.6 Å². The van der Waals surface area contributed by atoms with Crippen LogP contribution in [0.2, 0.25) is 5.02 Å². The molecule has 2 atom stereocenters. The van der Waals surface area contributed by atoms with Gasteiger partial charge in [-0.1, -0.05) is 41.9 Å². The van der Waals surface area contributed by atoms with E-state index in [1.165, 1.54) is 8.99 Å². The fourth-order valence-corrected chi connectivity index (χ4v) is 4.95. The molecule has 0 saturated carbocycles. The first-order valence-electron chi connectivity index (χ1n) is 9.47. The zero-order valence-corrected chi connectivity index (χ0v) is 17.5. The summed E-state index contributed by atoms with van der Waals surface area (Å²) in [5.41, 5.74) is 3.98. The Morgan fingerprint density at radius 3 is 2.63 bits per heavy atom. The predicted molar refractivity (Wildman–Crippen MR) is 116 cm³/mol. The van der Waals surface area contributed by atoms with Crippen molar-refractivity contribution in [2.24, 2.45) is 0 Å². The maximum absolute atomic E-state index is 12.3. The molecule has 9 heteroatoms. The van der Waals surface area contributed by atoms with E-state index >= 15 is 0 Å². The Hall–Kier alpha value is -2.68. The highest BCUT2D eigenvalue weighted by Crippen LogP contribution is 2.38.